The third-order valence-corrected chi connectivity index (χ3v) is 4.13. The van der Waals surface area contributed by atoms with Crippen LogP contribution in [-0.4, -0.2) is 5.84 Å². The van der Waals surface area contributed by atoms with E-state index in [-0.39, 0.29) is 5.84 Å². The van der Waals surface area contributed by atoms with E-state index in [9.17, 15) is 0 Å². The third kappa shape index (κ3) is 3.25. The summed E-state index contributed by atoms with van der Waals surface area (Å²) in [6, 6.07) is 7.03. The predicted octanol–water partition coefficient (Wildman–Crippen LogP) is 4.03. The minimum atomic E-state index is -0.0333. The molecule has 0 aliphatic rings. The first kappa shape index (κ1) is 13.4. The molecule has 0 saturated heterocycles. The number of nitrogens with one attached hydrogen (secondary N) is 1. The van der Waals surface area contributed by atoms with E-state index in [1.54, 1.807) is 29.5 Å². The summed E-state index contributed by atoms with van der Waals surface area (Å²) in [6.45, 7) is 0.427. The van der Waals surface area contributed by atoms with E-state index in [0.29, 0.717) is 22.9 Å². The highest BCUT2D eigenvalue weighted by molar-refractivity contribution is 9.10. The Hall–Kier alpha value is -1.04. The average molecular weight is 346 g/mol. The summed E-state index contributed by atoms with van der Waals surface area (Å²) in [7, 11) is 0. The van der Waals surface area contributed by atoms with Crippen molar-refractivity contribution in [2.24, 2.45) is 5.73 Å². The van der Waals surface area contributed by atoms with Crippen molar-refractivity contribution < 1.29 is 4.74 Å². The molecule has 0 atom stereocenters. The van der Waals surface area contributed by atoms with Gasteiger partial charge < -0.3 is 10.5 Å². The number of ether oxygens (including phenoxy) is 1. The molecular formula is C12H10BrClN2OS. The first-order valence-corrected chi connectivity index (χ1v) is 7.11. The van der Waals surface area contributed by atoms with Gasteiger partial charge in [-0.2, -0.15) is 0 Å². The van der Waals surface area contributed by atoms with Gasteiger partial charge in [0.25, 0.3) is 0 Å². The van der Waals surface area contributed by atoms with E-state index in [0.717, 1.165) is 9.35 Å². The standard InChI is InChI=1S/C12H10BrClN2OS/c13-7-3-9(18-6-7)5-17-11-4-8(14)1-2-10(11)12(15)16/h1-4,6H,5H2,(H3,15,16). The van der Waals surface area contributed by atoms with Gasteiger partial charge in [-0.1, -0.05) is 11.6 Å². The molecule has 1 aromatic heterocycles. The fourth-order valence-electron chi connectivity index (χ4n) is 1.42. The Bertz CT molecular complexity index is 585. The molecule has 94 valence electrons. The van der Waals surface area contributed by atoms with Gasteiger partial charge in [0.1, 0.15) is 18.2 Å². The van der Waals surface area contributed by atoms with Crippen LogP contribution in [0.15, 0.2) is 34.1 Å². The Balaban J connectivity index is 2.17. The number of amidine groups is 1. The monoisotopic (exact) mass is 344 g/mol. The largest absolute Gasteiger partial charge is 0.487 e. The Kier molecular flexibility index (Phi) is 4.27. The topological polar surface area (TPSA) is 59.1 Å². The van der Waals surface area contributed by atoms with Crippen LogP contribution in [0.25, 0.3) is 0 Å². The van der Waals surface area contributed by atoms with Gasteiger partial charge in [-0.25, -0.2) is 0 Å². The zero-order chi connectivity index (χ0) is 13.1. The van der Waals surface area contributed by atoms with Gasteiger partial charge in [0.05, 0.1) is 5.56 Å². The van der Waals surface area contributed by atoms with E-state index in [2.05, 4.69) is 15.9 Å². The van der Waals surface area contributed by atoms with Crippen LogP contribution in [0.5, 0.6) is 5.75 Å². The normalized spacial score (nSPS) is 10.3. The molecule has 0 unspecified atom stereocenters. The number of halogens is 2. The van der Waals surface area contributed by atoms with Crippen molar-refractivity contribution in [3.8, 4) is 5.75 Å². The average Bonchev–Trinajstić information content (AvgIpc) is 2.72. The molecule has 0 amide bonds. The minimum absolute atomic E-state index is 0.0333. The summed E-state index contributed by atoms with van der Waals surface area (Å²) in [5.74, 6) is 0.494. The smallest absolute Gasteiger partial charge is 0.132 e. The highest BCUT2D eigenvalue weighted by atomic mass is 79.9. The molecule has 1 aromatic carbocycles. The molecule has 0 fully saturated rings. The minimum Gasteiger partial charge on any atom is -0.487 e. The van der Waals surface area contributed by atoms with E-state index in [1.807, 2.05) is 11.4 Å². The van der Waals surface area contributed by atoms with Crippen molar-refractivity contribution >= 4 is 44.7 Å². The molecule has 0 spiro atoms. The van der Waals surface area contributed by atoms with Gasteiger partial charge in [-0.15, -0.1) is 11.3 Å². The first-order chi connectivity index (χ1) is 8.56. The van der Waals surface area contributed by atoms with E-state index >= 15 is 0 Å². The van der Waals surface area contributed by atoms with Crippen LogP contribution >= 0.6 is 38.9 Å². The van der Waals surface area contributed by atoms with Gasteiger partial charge >= 0.3 is 0 Å². The molecular weight excluding hydrogens is 336 g/mol. The molecule has 6 heteroatoms. The number of hydrogen-bond acceptors (Lipinski definition) is 3. The van der Waals surface area contributed by atoms with Crippen molar-refractivity contribution in [2.75, 3.05) is 0 Å². The van der Waals surface area contributed by atoms with Crippen molar-refractivity contribution in [1.29, 1.82) is 5.41 Å². The Morgan fingerprint density at radius 1 is 1.44 bits per heavy atom. The second kappa shape index (κ2) is 5.73. The van der Waals surface area contributed by atoms with Crippen molar-refractivity contribution in [2.45, 2.75) is 6.61 Å². The van der Waals surface area contributed by atoms with Gasteiger partial charge in [0, 0.05) is 19.8 Å². The summed E-state index contributed by atoms with van der Waals surface area (Å²) in [5, 5.41) is 10.0. The second-order valence-electron chi connectivity index (χ2n) is 3.57. The van der Waals surface area contributed by atoms with Crippen LogP contribution < -0.4 is 10.5 Å². The number of nitrogen functional groups attached to an aromatic ring is 1. The molecule has 0 aliphatic carbocycles. The highest BCUT2D eigenvalue weighted by Crippen LogP contribution is 2.26. The van der Waals surface area contributed by atoms with Gasteiger partial charge in [-0.3, -0.25) is 5.41 Å². The lowest BCUT2D eigenvalue weighted by Gasteiger charge is -2.10. The van der Waals surface area contributed by atoms with Crippen molar-refractivity contribution in [1.82, 2.24) is 0 Å². The molecule has 18 heavy (non-hydrogen) atoms. The molecule has 0 radical (unpaired) electrons. The van der Waals surface area contributed by atoms with Crippen LogP contribution in [0.1, 0.15) is 10.4 Å². The van der Waals surface area contributed by atoms with Crippen molar-refractivity contribution in [3.63, 3.8) is 0 Å². The zero-order valence-electron chi connectivity index (χ0n) is 9.24. The Morgan fingerprint density at radius 3 is 2.83 bits per heavy atom. The summed E-state index contributed by atoms with van der Waals surface area (Å²) in [4.78, 5) is 1.08. The van der Waals surface area contributed by atoms with Crippen LogP contribution in [0.2, 0.25) is 5.02 Å². The number of thiophene rings is 1. The van der Waals surface area contributed by atoms with Crippen LogP contribution in [0, 0.1) is 5.41 Å². The van der Waals surface area contributed by atoms with E-state index in [1.165, 1.54) is 0 Å². The molecule has 0 saturated carbocycles. The Labute approximate surface area is 122 Å². The lowest BCUT2D eigenvalue weighted by molar-refractivity contribution is 0.309. The molecule has 2 aromatic rings. The highest BCUT2D eigenvalue weighted by Gasteiger charge is 2.08. The third-order valence-electron chi connectivity index (χ3n) is 2.23. The second-order valence-corrected chi connectivity index (χ2v) is 5.92. The van der Waals surface area contributed by atoms with Crippen LogP contribution in [-0.2, 0) is 6.61 Å². The van der Waals surface area contributed by atoms with Gasteiger partial charge in [-0.05, 0) is 40.2 Å². The Morgan fingerprint density at radius 2 is 2.22 bits per heavy atom. The van der Waals surface area contributed by atoms with E-state index < -0.39 is 0 Å². The zero-order valence-corrected chi connectivity index (χ0v) is 12.4. The van der Waals surface area contributed by atoms with Crippen LogP contribution in [0.3, 0.4) is 0 Å². The molecule has 0 aliphatic heterocycles. The molecule has 0 bridgehead atoms. The van der Waals surface area contributed by atoms with E-state index in [4.69, 9.17) is 27.5 Å². The maximum Gasteiger partial charge on any atom is 0.132 e. The fourth-order valence-corrected chi connectivity index (χ4v) is 2.94. The lowest BCUT2D eigenvalue weighted by atomic mass is 10.2. The maximum absolute atomic E-state index is 7.48. The quantitative estimate of drug-likeness (QED) is 0.649. The van der Waals surface area contributed by atoms with Crippen LogP contribution in [0.4, 0.5) is 0 Å². The number of nitrogens with two attached hydrogens (primary N) is 1. The lowest BCUT2D eigenvalue weighted by Crippen LogP contribution is -2.13. The maximum atomic E-state index is 7.48. The summed E-state index contributed by atoms with van der Waals surface area (Å²) in [5.41, 5.74) is 6.04. The molecule has 3 nitrogen and oxygen atoms in total. The number of rotatable bonds is 4. The molecule has 3 N–H and O–H groups in total. The van der Waals surface area contributed by atoms with Crippen molar-refractivity contribution in [3.05, 3.63) is 49.6 Å². The summed E-state index contributed by atoms with van der Waals surface area (Å²) >= 11 is 10.9. The SMILES string of the molecule is N=C(N)c1ccc(Cl)cc1OCc1cc(Br)cs1. The number of benzene rings is 1. The number of hydrogen-bond donors (Lipinski definition) is 2. The summed E-state index contributed by atoms with van der Waals surface area (Å²) in [6.07, 6.45) is 0. The predicted molar refractivity (Wildman–Crippen MR) is 78.8 cm³/mol. The fraction of sp³-hybridized carbons (Fsp3) is 0.0833. The molecule has 1 heterocycles. The van der Waals surface area contributed by atoms with Gasteiger partial charge in [0.15, 0.2) is 0 Å². The van der Waals surface area contributed by atoms with Gasteiger partial charge in [0.2, 0.25) is 0 Å². The first-order valence-electron chi connectivity index (χ1n) is 5.06. The molecule has 2 rings (SSSR count). The summed E-state index contributed by atoms with van der Waals surface area (Å²) < 4.78 is 6.69.